The number of methoxy groups -OCH3 is 1. The fourth-order valence-electron chi connectivity index (χ4n) is 5.77. The van der Waals surface area contributed by atoms with Gasteiger partial charge in [-0.15, -0.1) is 0 Å². The highest BCUT2D eigenvalue weighted by Gasteiger charge is 2.51. The minimum Gasteiger partial charge on any atom is -0.497 e. The van der Waals surface area contributed by atoms with Crippen LogP contribution in [0.1, 0.15) is 44.0 Å². The third kappa shape index (κ3) is 5.09. The van der Waals surface area contributed by atoms with Gasteiger partial charge >= 0.3 is 6.03 Å². The molecule has 1 aliphatic heterocycles. The molecule has 1 N–H and O–H groups in total. The Kier molecular flexibility index (Phi) is 7.51. The van der Waals surface area contributed by atoms with Crippen molar-refractivity contribution in [3.63, 3.8) is 0 Å². The first-order chi connectivity index (χ1) is 16.3. The van der Waals surface area contributed by atoms with Gasteiger partial charge in [0, 0.05) is 57.9 Å². The molecule has 1 saturated heterocycles. The number of hydrogen-bond donors (Lipinski definition) is 1. The SMILES string of the molecule is CCNC(=O)N(CCN1CCN(C(=O)c2cccc(OC)c2)CC1)CC1=CCC2CC1C2(C)C. The van der Waals surface area contributed by atoms with E-state index in [1.54, 1.807) is 13.2 Å². The summed E-state index contributed by atoms with van der Waals surface area (Å²) in [5.74, 6) is 2.15. The van der Waals surface area contributed by atoms with Crippen molar-refractivity contribution < 1.29 is 14.3 Å². The Hall–Kier alpha value is -2.54. The molecular weight excluding hydrogens is 428 g/mol. The molecule has 2 fully saturated rings. The molecule has 34 heavy (non-hydrogen) atoms. The van der Waals surface area contributed by atoms with E-state index in [0.29, 0.717) is 48.8 Å². The van der Waals surface area contributed by atoms with Crippen molar-refractivity contribution in [2.45, 2.75) is 33.6 Å². The first-order valence-electron chi connectivity index (χ1n) is 12.7. The maximum absolute atomic E-state index is 12.9. The zero-order valence-corrected chi connectivity index (χ0v) is 21.2. The van der Waals surface area contributed by atoms with Gasteiger partial charge in [-0.05, 0) is 55.2 Å². The summed E-state index contributed by atoms with van der Waals surface area (Å²) in [6.07, 6.45) is 4.80. The smallest absolute Gasteiger partial charge is 0.317 e. The number of piperazine rings is 1. The number of fused-ring (bicyclic) bond motifs is 1. The van der Waals surface area contributed by atoms with Crippen LogP contribution in [-0.2, 0) is 0 Å². The van der Waals surface area contributed by atoms with Crippen LogP contribution >= 0.6 is 0 Å². The topological polar surface area (TPSA) is 65.1 Å². The van der Waals surface area contributed by atoms with Crippen LogP contribution in [0.5, 0.6) is 5.75 Å². The van der Waals surface area contributed by atoms with E-state index in [4.69, 9.17) is 4.74 Å². The fraction of sp³-hybridized carbons (Fsp3) is 0.630. The summed E-state index contributed by atoms with van der Waals surface area (Å²) in [6, 6.07) is 7.36. The third-order valence-electron chi connectivity index (χ3n) is 8.23. The average Bonchev–Trinajstić information content (AvgIpc) is 2.86. The second-order valence-electron chi connectivity index (χ2n) is 10.4. The molecule has 5 rings (SSSR count). The van der Waals surface area contributed by atoms with Crippen molar-refractivity contribution >= 4 is 11.9 Å². The summed E-state index contributed by atoms with van der Waals surface area (Å²) in [4.78, 5) is 32.0. The van der Waals surface area contributed by atoms with E-state index in [9.17, 15) is 9.59 Å². The van der Waals surface area contributed by atoms with Crippen molar-refractivity contribution in [2.24, 2.45) is 17.3 Å². The lowest BCUT2D eigenvalue weighted by atomic mass is 9.49. The molecule has 2 atom stereocenters. The van der Waals surface area contributed by atoms with E-state index < -0.39 is 0 Å². The molecule has 0 radical (unpaired) electrons. The van der Waals surface area contributed by atoms with Gasteiger partial charge < -0.3 is 19.9 Å². The van der Waals surface area contributed by atoms with Gasteiger partial charge in [-0.3, -0.25) is 9.69 Å². The molecule has 3 amide bonds. The quantitative estimate of drug-likeness (QED) is 0.594. The van der Waals surface area contributed by atoms with Gasteiger partial charge in [0.05, 0.1) is 7.11 Å². The molecule has 2 bridgehead atoms. The van der Waals surface area contributed by atoms with Crippen molar-refractivity contribution in [1.29, 1.82) is 0 Å². The van der Waals surface area contributed by atoms with Gasteiger partial charge in [-0.2, -0.15) is 0 Å². The summed E-state index contributed by atoms with van der Waals surface area (Å²) in [5.41, 5.74) is 2.47. The number of nitrogens with zero attached hydrogens (tertiary/aromatic N) is 3. The molecule has 1 heterocycles. The van der Waals surface area contributed by atoms with Crippen LogP contribution < -0.4 is 10.1 Å². The van der Waals surface area contributed by atoms with Crippen molar-refractivity contribution in [2.75, 3.05) is 59.5 Å². The van der Waals surface area contributed by atoms with Crippen LogP contribution in [0.2, 0.25) is 0 Å². The molecule has 0 spiro atoms. The van der Waals surface area contributed by atoms with Crippen LogP contribution in [0.15, 0.2) is 35.9 Å². The number of amides is 3. The minimum absolute atomic E-state index is 0.0227. The monoisotopic (exact) mass is 468 g/mol. The first-order valence-corrected chi connectivity index (χ1v) is 12.7. The highest BCUT2D eigenvalue weighted by atomic mass is 16.5. The molecule has 4 aliphatic rings. The molecule has 1 aromatic rings. The number of carbonyl (C=O) groups excluding carboxylic acids is 2. The van der Waals surface area contributed by atoms with Gasteiger partial charge in [0.2, 0.25) is 0 Å². The fourth-order valence-corrected chi connectivity index (χ4v) is 5.77. The van der Waals surface area contributed by atoms with Gasteiger partial charge in [-0.1, -0.05) is 31.6 Å². The number of allylic oxidation sites excluding steroid dienone is 1. The van der Waals surface area contributed by atoms with Gasteiger partial charge in [-0.25, -0.2) is 4.79 Å². The Labute approximate surface area is 204 Å². The number of urea groups is 1. The summed E-state index contributed by atoms with van der Waals surface area (Å²) < 4.78 is 5.25. The van der Waals surface area contributed by atoms with Crippen LogP contribution in [0.4, 0.5) is 4.79 Å². The number of benzene rings is 1. The first kappa shape index (κ1) is 24.6. The molecule has 3 aliphatic carbocycles. The Bertz CT molecular complexity index is 920. The summed E-state index contributed by atoms with van der Waals surface area (Å²) in [6.45, 7) is 12.6. The zero-order valence-electron chi connectivity index (χ0n) is 21.2. The second-order valence-corrected chi connectivity index (χ2v) is 10.4. The van der Waals surface area contributed by atoms with Crippen LogP contribution in [0, 0.1) is 17.3 Å². The molecule has 186 valence electrons. The Morgan fingerprint density at radius 1 is 1.21 bits per heavy atom. The van der Waals surface area contributed by atoms with E-state index >= 15 is 0 Å². The van der Waals surface area contributed by atoms with Gasteiger partial charge in [0.15, 0.2) is 0 Å². The molecule has 2 unspecified atom stereocenters. The standard InChI is InChI=1S/C27H40N4O3/c1-5-28-26(33)31(19-21-9-10-22-18-24(21)27(22,2)3)16-13-29-11-14-30(15-12-29)25(32)20-7-6-8-23(17-20)34-4/h6-9,17,22,24H,5,10-16,18-19H2,1-4H3,(H,28,33). The lowest BCUT2D eigenvalue weighted by Gasteiger charge is -2.57. The highest BCUT2D eigenvalue weighted by molar-refractivity contribution is 5.94. The summed E-state index contributed by atoms with van der Waals surface area (Å²) in [7, 11) is 1.61. The molecule has 0 aromatic heterocycles. The number of hydrogen-bond acceptors (Lipinski definition) is 4. The molecule has 1 saturated carbocycles. The van der Waals surface area contributed by atoms with E-state index in [-0.39, 0.29) is 11.9 Å². The largest absolute Gasteiger partial charge is 0.497 e. The lowest BCUT2D eigenvalue weighted by molar-refractivity contribution is -0.00984. The number of carbonyl (C=O) groups is 2. The van der Waals surface area contributed by atoms with E-state index in [2.05, 4.69) is 30.1 Å². The summed E-state index contributed by atoms with van der Waals surface area (Å²) in [5, 5.41) is 3.00. The van der Waals surface area contributed by atoms with Gasteiger partial charge in [0.25, 0.3) is 5.91 Å². The van der Waals surface area contributed by atoms with E-state index in [1.165, 1.54) is 12.0 Å². The molecule has 7 heteroatoms. The number of nitrogens with one attached hydrogen (secondary N) is 1. The summed E-state index contributed by atoms with van der Waals surface area (Å²) >= 11 is 0. The predicted molar refractivity (Wildman–Crippen MR) is 134 cm³/mol. The third-order valence-corrected chi connectivity index (χ3v) is 8.23. The average molecular weight is 469 g/mol. The number of rotatable bonds is 8. The normalized spacial score (nSPS) is 23.5. The van der Waals surface area contributed by atoms with Crippen molar-refractivity contribution in [3.05, 3.63) is 41.5 Å². The minimum atomic E-state index is 0.0227. The maximum atomic E-state index is 12.9. The van der Waals surface area contributed by atoms with E-state index in [0.717, 1.165) is 38.5 Å². The lowest BCUT2D eigenvalue weighted by Crippen LogP contribution is -2.53. The van der Waals surface area contributed by atoms with Crippen molar-refractivity contribution in [3.8, 4) is 5.75 Å². The zero-order chi connectivity index (χ0) is 24.3. The Balaban J connectivity index is 1.30. The van der Waals surface area contributed by atoms with Crippen molar-refractivity contribution in [1.82, 2.24) is 20.0 Å². The highest BCUT2D eigenvalue weighted by Crippen LogP contribution is 2.59. The number of ether oxygens (including phenoxy) is 1. The van der Waals surface area contributed by atoms with E-state index in [1.807, 2.05) is 34.9 Å². The van der Waals surface area contributed by atoms with Crippen LogP contribution in [0.25, 0.3) is 0 Å². The molecular formula is C27H40N4O3. The van der Waals surface area contributed by atoms with Crippen LogP contribution in [-0.4, -0.2) is 86.1 Å². The Morgan fingerprint density at radius 2 is 1.97 bits per heavy atom. The predicted octanol–water partition coefficient (Wildman–Crippen LogP) is 3.48. The molecule has 1 aromatic carbocycles. The second kappa shape index (κ2) is 10.4. The Morgan fingerprint density at radius 3 is 2.62 bits per heavy atom. The maximum Gasteiger partial charge on any atom is 0.317 e. The van der Waals surface area contributed by atoms with Gasteiger partial charge in [0.1, 0.15) is 5.75 Å². The molecule has 7 nitrogen and oxygen atoms in total. The van der Waals surface area contributed by atoms with Crippen LogP contribution in [0.3, 0.4) is 0 Å².